The highest BCUT2D eigenvalue weighted by Gasteiger charge is 2.08. The van der Waals surface area contributed by atoms with Gasteiger partial charge in [-0.2, -0.15) is 0 Å². The monoisotopic (exact) mass is 266 g/mol. The SMILES string of the molecule is Cc1ccnc(NC(=O)Cc2cn3ccccc3n2)c1. The summed E-state index contributed by atoms with van der Waals surface area (Å²) in [6.45, 7) is 1.96. The minimum atomic E-state index is -0.119. The summed E-state index contributed by atoms with van der Waals surface area (Å²) in [6, 6.07) is 9.47. The molecule has 1 amide bonds. The predicted molar refractivity (Wildman–Crippen MR) is 76.5 cm³/mol. The Kier molecular flexibility index (Phi) is 3.16. The molecule has 3 rings (SSSR count). The second-order valence-corrected chi connectivity index (χ2v) is 4.64. The summed E-state index contributed by atoms with van der Waals surface area (Å²) in [5.41, 5.74) is 2.63. The highest BCUT2D eigenvalue weighted by molar-refractivity contribution is 5.91. The number of aryl methyl sites for hydroxylation is 1. The normalized spacial score (nSPS) is 10.7. The molecule has 0 aliphatic rings. The van der Waals surface area contributed by atoms with Crippen molar-refractivity contribution in [3.63, 3.8) is 0 Å². The van der Waals surface area contributed by atoms with Gasteiger partial charge < -0.3 is 9.72 Å². The third kappa shape index (κ3) is 2.66. The number of rotatable bonds is 3. The second-order valence-electron chi connectivity index (χ2n) is 4.64. The molecule has 0 atom stereocenters. The molecule has 0 radical (unpaired) electrons. The molecule has 0 aliphatic carbocycles. The zero-order valence-corrected chi connectivity index (χ0v) is 11.1. The van der Waals surface area contributed by atoms with Crippen molar-refractivity contribution in [1.82, 2.24) is 14.4 Å². The van der Waals surface area contributed by atoms with Gasteiger partial charge in [0, 0.05) is 18.6 Å². The highest BCUT2D eigenvalue weighted by atomic mass is 16.1. The Morgan fingerprint density at radius 2 is 2.25 bits per heavy atom. The molecule has 0 aliphatic heterocycles. The second kappa shape index (κ2) is 5.13. The van der Waals surface area contributed by atoms with E-state index in [1.807, 2.05) is 54.0 Å². The molecule has 1 N–H and O–H groups in total. The first-order chi connectivity index (χ1) is 9.70. The van der Waals surface area contributed by atoms with Gasteiger partial charge in [0.1, 0.15) is 11.5 Å². The average molecular weight is 266 g/mol. The maximum absolute atomic E-state index is 12.0. The van der Waals surface area contributed by atoms with E-state index in [9.17, 15) is 4.79 Å². The molecule has 0 saturated carbocycles. The van der Waals surface area contributed by atoms with Crippen LogP contribution in [0.15, 0.2) is 48.9 Å². The van der Waals surface area contributed by atoms with Gasteiger partial charge in [0.05, 0.1) is 12.1 Å². The summed E-state index contributed by atoms with van der Waals surface area (Å²) in [6.07, 6.45) is 5.68. The fourth-order valence-corrected chi connectivity index (χ4v) is 2.03. The van der Waals surface area contributed by atoms with E-state index in [0.717, 1.165) is 16.9 Å². The van der Waals surface area contributed by atoms with Gasteiger partial charge in [0.2, 0.25) is 5.91 Å². The number of anilines is 1. The molecule has 0 unspecified atom stereocenters. The Morgan fingerprint density at radius 1 is 1.35 bits per heavy atom. The zero-order valence-electron chi connectivity index (χ0n) is 11.1. The standard InChI is InChI=1S/C15H14N4O/c1-11-5-6-16-13(8-11)18-15(20)9-12-10-19-7-3-2-4-14(19)17-12/h2-8,10H,9H2,1H3,(H,16,18,20). The zero-order chi connectivity index (χ0) is 13.9. The van der Waals surface area contributed by atoms with Crippen molar-refractivity contribution in [1.29, 1.82) is 0 Å². The summed E-state index contributed by atoms with van der Waals surface area (Å²) in [5, 5.41) is 2.78. The van der Waals surface area contributed by atoms with E-state index >= 15 is 0 Å². The number of carbonyl (C=O) groups is 1. The van der Waals surface area contributed by atoms with Crippen molar-refractivity contribution in [2.24, 2.45) is 0 Å². The Balaban J connectivity index is 1.72. The van der Waals surface area contributed by atoms with E-state index in [1.165, 1.54) is 0 Å². The molecule has 5 heteroatoms. The summed E-state index contributed by atoms with van der Waals surface area (Å²) >= 11 is 0. The van der Waals surface area contributed by atoms with Crippen LogP contribution in [0.1, 0.15) is 11.3 Å². The maximum atomic E-state index is 12.0. The number of hydrogen-bond acceptors (Lipinski definition) is 3. The minimum Gasteiger partial charge on any atom is -0.310 e. The fraction of sp³-hybridized carbons (Fsp3) is 0.133. The topological polar surface area (TPSA) is 59.3 Å². The molecule has 100 valence electrons. The molecular formula is C15H14N4O. The molecule has 0 fully saturated rings. The molecule has 0 saturated heterocycles. The first-order valence-electron chi connectivity index (χ1n) is 6.36. The van der Waals surface area contributed by atoms with Gasteiger partial charge >= 0.3 is 0 Å². The number of imidazole rings is 1. The van der Waals surface area contributed by atoms with Crippen molar-refractivity contribution in [3.05, 3.63) is 60.2 Å². The van der Waals surface area contributed by atoms with Gasteiger partial charge in [-0.05, 0) is 36.8 Å². The third-order valence-electron chi connectivity index (χ3n) is 2.94. The summed E-state index contributed by atoms with van der Waals surface area (Å²) < 4.78 is 1.90. The number of nitrogens with one attached hydrogen (secondary N) is 1. The smallest absolute Gasteiger partial charge is 0.231 e. The van der Waals surface area contributed by atoms with Crippen LogP contribution >= 0.6 is 0 Å². The lowest BCUT2D eigenvalue weighted by atomic mass is 10.3. The van der Waals surface area contributed by atoms with Crippen LogP contribution in [0.25, 0.3) is 5.65 Å². The number of hydrogen-bond donors (Lipinski definition) is 1. The largest absolute Gasteiger partial charge is 0.310 e. The Morgan fingerprint density at radius 3 is 3.05 bits per heavy atom. The lowest BCUT2D eigenvalue weighted by Crippen LogP contribution is -2.15. The molecule has 3 aromatic heterocycles. The number of pyridine rings is 2. The molecule has 0 spiro atoms. The number of aromatic nitrogens is 3. The van der Waals surface area contributed by atoms with E-state index < -0.39 is 0 Å². The van der Waals surface area contributed by atoms with Crippen LogP contribution in [0.4, 0.5) is 5.82 Å². The average Bonchev–Trinajstić information content (AvgIpc) is 2.80. The van der Waals surface area contributed by atoms with Crippen molar-refractivity contribution in [2.75, 3.05) is 5.32 Å². The van der Waals surface area contributed by atoms with Crippen molar-refractivity contribution >= 4 is 17.4 Å². The van der Waals surface area contributed by atoms with Crippen LogP contribution in [0, 0.1) is 6.92 Å². The van der Waals surface area contributed by atoms with E-state index in [4.69, 9.17) is 0 Å². The molecule has 3 aromatic rings. The van der Waals surface area contributed by atoms with Gasteiger partial charge in [0.15, 0.2) is 0 Å². The van der Waals surface area contributed by atoms with Crippen LogP contribution in [0.2, 0.25) is 0 Å². The molecule has 3 heterocycles. The van der Waals surface area contributed by atoms with E-state index in [2.05, 4.69) is 15.3 Å². The van der Waals surface area contributed by atoms with Gasteiger partial charge in [-0.1, -0.05) is 6.07 Å². The first kappa shape index (κ1) is 12.3. The van der Waals surface area contributed by atoms with Gasteiger partial charge in [-0.15, -0.1) is 0 Å². The van der Waals surface area contributed by atoms with E-state index in [1.54, 1.807) is 6.20 Å². The van der Waals surface area contributed by atoms with Gasteiger partial charge in [0.25, 0.3) is 0 Å². The number of amides is 1. The van der Waals surface area contributed by atoms with Crippen LogP contribution in [-0.4, -0.2) is 20.3 Å². The van der Waals surface area contributed by atoms with E-state index in [0.29, 0.717) is 5.82 Å². The van der Waals surface area contributed by atoms with Crippen LogP contribution in [0.5, 0.6) is 0 Å². The van der Waals surface area contributed by atoms with Crippen LogP contribution in [0.3, 0.4) is 0 Å². The van der Waals surface area contributed by atoms with E-state index in [-0.39, 0.29) is 12.3 Å². The lowest BCUT2D eigenvalue weighted by Gasteiger charge is -2.03. The third-order valence-corrected chi connectivity index (χ3v) is 2.94. The molecular weight excluding hydrogens is 252 g/mol. The molecule has 20 heavy (non-hydrogen) atoms. The van der Waals surface area contributed by atoms with Crippen LogP contribution < -0.4 is 5.32 Å². The quantitative estimate of drug-likeness (QED) is 0.790. The molecule has 0 bridgehead atoms. The minimum absolute atomic E-state index is 0.119. The van der Waals surface area contributed by atoms with Crippen molar-refractivity contribution < 1.29 is 4.79 Å². The Bertz CT molecular complexity index is 730. The van der Waals surface area contributed by atoms with Gasteiger partial charge in [-0.25, -0.2) is 9.97 Å². The number of carbonyl (C=O) groups excluding carboxylic acids is 1. The highest BCUT2D eigenvalue weighted by Crippen LogP contribution is 2.08. The lowest BCUT2D eigenvalue weighted by molar-refractivity contribution is -0.115. The predicted octanol–water partition coefficient (Wildman–Crippen LogP) is 2.22. The van der Waals surface area contributed by atoms with Crippen molar-refractivity contribution in [2.45, 2.75) is 13.3 Å². The number of fused-ring (bicyclic) bond motifs is 1. The molecule has 5 nitrogen and oxygen atoms in total. The Hall–Kier alpha value is -2.69. The summed E-state index contributed by atoms with van der Waals surface area (Å²) in [5.74, 6) is 0.449. The first-order valence-corrected chi connectivity index (χ1v) is 6.36. The van der Waals surface area contributed by atoms with Crippen LogP contribution in [-0.2, 0) is 11.2 Å². The fourth-order valence-electron chi connectivity index (χ4n) is 2.03. The summed E-state index contributed by atoms with van der Waals surface area (Å²) in [7, 11) is 0. The maximum Gasteiger partial charge on any atom is 0.231 e. The molecule has 0 aromatic carbocycles. The number of nitrogens with zero attached hydrogens (tertiary/aromatic N) is 3. The van der Waals surface area contributed by atoms with Gasteiger partial charge in [-0.3, -0.25) is 4.79 Å². The van der Waals surface area contributed by atoms with Crippen molar-refractivity contribution in [3.8, 4) is 0 Å². The summed E-state index contributed by atoms with van der Waals surface area (Å²) in [4.78, 5) is 20.5. The Labute approximate surface area is 116 Å².